The third-order valence-corrected chi connectivity index (χ3v) is 9.02. The van der Waals surface area contributed by atoms with Crippen LogP contribution in [0.4, 0.5) is 4.39 Å². The molecule has 2 aliphatic rings. The van der Waals surface area contributed by atoms with E-state index in [-0.39, 0.29) is 23.8 Å². The number of aromatic carboxylic acids is 1. The van der Waals surface area contributed by atoms with Crippen molar-refractivity contribution in [3.63, 3.8) is 0 Å². The van der Waals surface area contributed by atoms with Gasteiger partial charge in [0, 0.05) is 5.92 Å². The molecule has 198 valence electrons. The Morgan fingerprint density at radius 3 is 2.55 bits per heavy atom. The Kier molecular flexibility index (Phi) is 6.64. The van der Waals surface area contributed by atoms with E-state index in [2.05, 4.69) is 15.3 Å². The monoisotopic (exact) mass is 576 g/mol. The average Bonchev–Trinajstić information content (AvgIpc) is 3.48. The van der Waals surface area contributed by atoms with Crippen LogP contribution >= 0.6 is 34.5 Å². The van der Waals surface area contributed by atoms with Crippen molar-refractivity contribution in [3.05, 3.63) is 68.2 Å². The summed E-state index contributed by atoms with van der Waals surface area (Å²) in [5.41, 5.74) is 0.985. The number of benzene rings is 2. The van der Waals surface area contributed by atoms with E-state index in [1.165, 1.54) is 6.07 Å². The summed E-state index contributed by atoms with van der Waals surface area (Å²) in [6.07, 6.45) is 3.90. The van der Waals surface area contributed by atoms with Gasteiger partial charge in [0.1, 0.15) is 21.8 Å². The summed E-state index contributed by atoms with van der Waals surface area (Å²) in [6, 6.07) is 7.62. The summed E-state index contributed by atoms with van der Waals surface area (Å²) in [5, 5.41) is 30.7. The molecule has 0 saturated heterocycles. The predicted molar refractivity (Wildman–Crippen MR) is 141 cm³/mol. The maximum absolute atomic E-state index is 14.5. The second-order valence-electron chi connectivity index (χ2n) is 9.85. The van der Waals surface area contributed by atoms with Crippen molar-refractivity contribution in [3.8, 4) is 5.69 Å². The molecule has 2 aromatic heterocycles. The first-order valence-electron chi connectivity index (χ1n) is 12.3. The third kappa shape index (κ3) is 4.69. The van der Waals surface area contributed by atoms with E-state index in [0.717, 1.165) is 41.6 Å². The van der Waals surface area contributed by atoms with E-state index in [1.807, 2.05) is 0 Å². The quantitative estimate of drug-likeness (QED) is 0.267. The molecule has 8 nitrogen and oxygen atoms in total. The standard InChI is InChI=1S/C26H23Cl2FN4O4S/c27-16-2-1-3-17(28)23(16)33-19(21(31-32-33)13-4-5-13)12-37-15-6-8-26(36,9-7-15)25-30-22-18(29)10-14(24(34)35)11-20(22)38-25/h1-3,10-11,13,15,36H,4-9,12H2,(H,34,35). The smallest absolute Gasteiger partial charge is 0.335 e. The molecular weight excluding hydrogens is 554 g/mol. The van der Waals surface area contributed by atoms with Crippen LogP contribution in [0.3, 0.4) is 0 Å². The molecule has 12 heteroatoms. The summed E-state index contributed by atoms with van der Waals surface area (Å²) in [4.78, 5) is 15.6. The van der Waals surface area contributed by atoms with Crippen molar-refractivity contribution in [1.29, 1.82) is 0 Å². The topological polar surface area (TPSA) is 110 Å². The van der Waals surface area contributed by atoms with Crippen LogP contribution in [0.2, 0.25) is 10.0 Å². The summed E-state index contributed by atoms with van der Waals surface area (Å²) in [7, 11) is 0. The van der Waals surface area contributed by atoms with Gasteiger partial charge in [-0.1, -0.05) is 34.5 Å². The zero-order chi connectivity index (χ0) is 26.6. The second kappa shape index (κ2) is 9.84. The van der Waals surface area contributed by atoms with Crippen LogP contribution in [0.1, 0.15) is 71.2 Å². The van der Waals surface area contributed by atoms with Gasteiger partial charge in [-0.15, -0.1) is 16.4 Å². The van der Waals surface area contributed by atoms with Crippen LogP contribution < -0.4 is 0 Å². The van der Waals surface area contributed by atoms with E-state index in [4.69, 9.17) is 27.9 Å². The summed E-state index contributed by atoms with van der Waals surface area (Å²) in [5.74, 6) is -1.57. The third-order valence-electron chi connectivity index (χ3n) is 7.22. The molecule has 2 aliphatic carbocycles. The molecule has 0 bridgehead atoms. The number of halogens is 3. The van der Waals surface area contributed by atoms with Crippen molar-refractivity contribution in [2.45, 2.75) is 62.8 Å². The highest BCUT2D eigenvalue weighted by Gasteiger charge is 2.39. The highest BCUT2D eigenvalue weighted by atomic mass is 35.5. The molecule has 0 unspecified atom stereocenters. The van der Waals surface area contributed by atoms with Gasteiger partial charge in [-0.05, 0) is 62.8 Å². The molecule has 0 spiro atoms. The molecule has 0 amide bonds. The molecule has 2 heterocycles. The zero-order valence-electron chi connectivity index (χ0n) is 20.0. The Hall–Kier alpha value is -2.63. The molecule has 6 rings (SSSR count). The number of carboxylic acids is 1. The highest BCUT2D eigenvalue weighted by Crippen LogP contribution is 2.44. The van der Waals surface area contributed by atoms with Crippen LogP contribution in [0.5, 0.6) is 0 Å². The average molecular weight is 577 g/mol. The minimum Gasteiger partial charge on any atom is -0.478 e. The van der Waals surface area contributed by atoms with Crippen molar-refractivity contribution in [2.75, 3.05) is 0 Å². The van der Waals surface area contributed by atoms with E-state index >= 15 is 0 Å². The number of thiazole rings is 1. The Labute approximate surface area is 231 Å². The number of carboxylic acid groups (broad SMARTS) is 1. The number of hydrogen-bond acceptors (Lipinski definition) is 7. The number of carbonyl (C=O) groups is 1. The molecule has 4 aromatic rings. The molecule has 38 heavy (non-hydrogen) atoms. The van der Waals surface area contributed by atoms with Gasteiger partial charge in [0.15, 0.2) is 5.82 Å². The summed E-state index contributed by atoms with van der Waals surface area (Å²) in [6.45, 7) is 0.272. The predicted octanol–water partition coefficient (Wildman–Crippen LogP) is 6.25. The van der Waals surface area contributed by atoms with Gasteiger partial charge in [0.2, 0.25) is 0 Å². The normalized spacial score (nSPS) is 21.7. The molecule has 0 aliphatic heterocycles. The number of nitrogens with zero attached hydrogens (tertiary/aromatic N) is 4. The fourth-order valence-corrected chi connectivity index (χ4v) is 6.67. The van der Waals surface area contributed by atoms with E-state index in [1.54, 1.807) is 22.9 Å². The fraction of sp³-hybridized carbons (Fsp3) is 0.385. The summed E-state index contributed by atoms with van der Waals surface area (Å²) < 4.78 is 22.8. The van der Waals surface area contributed by atoms with Gasteiger partial charge in [-0.25, -0.2) is 18.9 Å². The Balaban J connectivity index is 1.18. The molecule has 2 fully saturated rings. The molecule has 2 N–H and O–H groups in total. The van der Waals surface area contributed by atoms with Crippen LogP contribution in [-0.2, 0) is 16.9 Å². The molecular formula is C26H23Cl2FN4O4S. The minimum absolute atomic E-state index is 0.0772. The highest BCUT2D eigenvalue weighted by molar-refractivity contribution is 7.18. The Morgan fingerprint density at radius 2 is 1.89 bits per heavy atom. The van der Waals surface area contributed by atoms with Crippen molar-refractivity contribution < 1.29 is 24.1 Å². The van der Waals surface area contributed by atoms with E-state index < -0.39 is 17.4 Å². The largest absolute Gasteiger partial charge is 0.478 e. The van der Waals surface area contributed by atoms with Crippen molar-refractivity contribution >= 4 is 50.7 Å². The van der Waals surface area contributed by atoms with Gasteiger partial charge < -0.3 is 14.9 Å². The zero-order valence-corrected chi connectivity index (χ0v) is 22.4. The lowest BCUT2D eigenvalue weighted by atomic mass is 9.83. The Bertz CT molecular complexity index is 1530. The summed E-state index contributed by atoms with van der Waals surface area (Å²) >= 11 is 14.0. The SMILES string of the molecule is O=C(O)c1cc(F)c2nc(C3(O)CCC(OCc4c(C5CC5)nnn4-c4c(Cl)cccc4Cl)CC3)sc2c1. The first kappa shape index (κ1) is 25.6. The molecule has 2 saturated carbocycles. The number of aromatic nitrogens is 4. The second-order valence-corrected chi connectivity index (χ2v) is 11.7. The van der Waals surface area contributed by atoms with Gasteiger partial charge in [-0.3, -0.25) is 0 Å². The minimum atomic E-state index is -1.23. The number of rotatable bonds is 7. The molecule has 0 atom stereocenters. The van der Waals surface area contributed by atoms with Crippen molar-refractivity contribution in [2.24, 2.45) is 0 Å². The number of para-hydroxylation sites is 1. The van der Waals surface area contributed by atoms with Gasteiger partial charge >= 0.3 is 5.97 Å². The first-order chi connectivity index (χ1) is 18.2. The maximum atomic E-state index is 14.5. The van der Waals surface area contributed by atoms with Crippen LogP contribution in [0.15, 0.2) is 30.3 Å². The van der Waals surface area contributed by atoms with Gasteiger partial charge in [0.05, 0.1) is 44.4 Å². The number of ether oxygens (including phenoxy) is 1. The van der Waals surface area contributed by atoms with Crippen LogP contribution in [0.25, 0.3) is 15.9 Å². The first-order valence-corrected chi connectivity index (χ1v) is 13.9. The number of aliphatic hydroxyl groups is 1. The lowest BCUT2D eigenvalue weighted by Crippen LogP contribution is -2.34. The lowest BCUT2D eigenvalue weighted by molar-refractivity contribution is -0.0648. The van der Waals surface area contributed by atoms with Crippen LogP contribution in [0, 0.1) is 5.82 Å². The van der Waals surface area contributed by atoms with Crippen molar-refractivity contribution in [1.82, 2.24) is 20.0 Å². The lowest BCUT2D eigenvalue weighted by Gasteiger charge is -2.34. The number of hydrogen-bond donors (Lipinski definition) is 2. The van der Waals surface area contributed by atoms with Gasteiger partial charge in [0.25, 0.3) is 0 Å². The Morgan fingerprint density at radius 1 is 1.18 bits per heavy atom. The van der Waals surface area contributed by atoms with Gasteiger partial charge in [-0.2, -0.15) is 0 Å². The maximum Gasteiger partial charge on any atom is 0.335 e. The van der Waals surface area contributed by atoms with Crippen LogP contribution in [-0.4, -0.2) is 42.3 Å². The van der Waals surface area contributed by atoms with E-state index in [0.29, 0.717) is 57.0 Å². The van der Waals surface area contributed by atoms with E-state index in [9.17, 15) is 19.4 Å². The number of fused-ring (bicyclic) bond motifs is 1. The molecule has 0 radical (unpaired) electrons. The fourth-order valence-electron chi connectivity index (χ4n) is 4.95. The molecule has 2 aromatic carbocycles.